The number of amides is 1. The minimum atomic E-state index is -0.00926. The zero-order valence-electron chi connectivity index (χ0n) is 8.96. The van der Waals surface area contributed by atoms with Gasteiger partial charge in [-0.1, -0.05) is 15.9 Å². The van der Waals surface area contributed by atoms with Crippen LogP contribution in [0, 0.1) is 0 Å². The van der Waals surface area contributed by atoms with Crippen LogP contribution in [0.5, 0.6) is 0 Å². The second-order valence-corrected chi connectivity index (χ2v) is 4.12. The molecule has 3 nitrogen and oxygen atoms in total. The third-order valence-electron chi connectivity index (χ3n) is 2.29. The molecule has 0 heterocycles. The Morgan fingerprint density at radius 2 is 2.00 bits per heavy atom. The van der Waals surface area contributed by atoms with Crippen LogP contribution < -0.4 is 5.73 Å². The molecule has 0 atom stereocenters. The third-order valence-corrected chi connectivity index (χ3v) is 2.79. The summed E-state index contributed by atoms with van der Waals surface area (Å²) in [5, 5.41) is 0. The molecule has 0 fully saturated rings. The first-order valence-electron chi connectivity index (χ1n) is 4.94. The lowest BCUT2D eigenvalue weighted by atomic mass is 10.1. The van der Waals surface area contributed by atoms with E-state index in [0.29, 0.717) is 24.3 Å². The Balaban J connectivity index is 3.00. The average Bonchev–Trinajstić information content (AvgIpc) is 2.19. The van der Waals surface area contributed by atoms with Crippen molar-refractivity contribution in [1.82, 2.24) is 4.90 Å². The molecule has 1 aromatic rings. The molecule has 0 aliphatic heterocycles. The molecular weight excluding hydrogens is 256 g/mol. The van der Waals surface area contributed by atoms with Crippen LogP contribution >= 0.6 is 15.9 Å². The van der Waals surface area contributed by atoms with E-state index in [1.54, 1.807) is 17.0 Å². The largest absolute Gasteiger partial charge is 0.398 e. The van der Waals surface area contributed by atoms with Crippen LogP contribution in [0.15, 0.2) is 22.7 Å². The SMILES string of the molecule is CCN(CC)C(=O)c1ccc(Br)cc1N. The predicted molar refractivity (Wildman–Crippen MR) is 65.8 cm³/mol. The number of benzene rings is 1. The lowest BCUT2D eigenvalue weighted by Crippen LogP contribution is -2.31. The maximum Gasteiger partial charge on any atom is 0.255 e. The van der Waals surface area contributed by atoms with Crippen LogP contribution in [-0.4, -0.2) is 23.9 Å². The van der Waals surface area contributed by atoms with Gasteiger partial charge in [0.15, 0.2) is 0 Å². The summed E-state index contributed by atoms with van der Waals surface area (Å²) in [5.41, 5.74) is 6.88. The minimum absolute atomic E-state index is 0.00926. The van der Waals surface area contributed by atoms with Gasteiger partial charge in [-0.05, 0) is 32.0 Å². The lowest BCUT2D eigenvalue weighted by Gasteiger charge is -2.19. The number of carbonyl (C=O) groups is 1. The second-order valence-electron chi connectivity index (χ2n) is 3.21. The molecule has 0 spiro atoms. The molecule has 0 bridgehead atoms. The standard InChI is InChI=1S/C11H15BrN2O/c1-3-14(4-2)11(15)9-6-5-8(12)7-10(9)13/h5-7H,3-4,13H2,1-2H3. The van der Waals surface area contributed by atoms with Gasteiger partial charge in [-0.25, -0.2) is 0 Å². The van der Waals surface area contributed by atoms with Gasteiger partial charge in [0.25, 0.3) is 5.91 Å². The number of hydrogen-bond donors (Lipinski definition) is 1. The van der Waals surface area contributed by atoms with E-state index in [2.05, 4.69) is 15.9 Å². The Morgan fingerprint density at radius 1 is 1.40 bits per heavy atom. The molecule has 0 aliphatic carbocycles. The van der Waals surface area contributed by atoms with Crippen molar-refractivity contribution in [3.8, 4) is 0 Å². The van der Waals surface area contributed by atoms with E-state index < -0.39 is 0 Å². The van der Waals surface area contributed by atoms with Crippen molar-refractivity contribution in [3.05, 3.63) is 28.2 Å². The maximum atomic E-state index is 12.0. The highest BCUT2D eigenvalue weighted by molar-refractivity contribution is 9.10. The van der Waals surface area contributed by atoms with E-state index in [1.807, 2.05) is 19.9 Å². The monoisotopic (exact) mass is 270 g/mol. The molecule has 0 saturated heterocycles. The molecule has 0 saturated carbocycles. The zero-order valence-corrected chi connectivity index (χ0v) is 10.5. The number of nitrogens with two attached hydrogens (primary N) is 1. The Morgan fingerprint density at radius 3 is 2.47 bits per heavy atom. The van der Waals surface area contributed by atoms with Crippen LogP contribution in [0.3, 0.4) is 0 Å². The summed E-state index contributed by atoms with van der Waals surface area (Å²) < 4.78 is 0.885. The molecule has 4 heteroatoms. The Bertz CT molecular complexity index is 362. The van der Waals surface area contributed by atoms with Gasteiger partial charge in [0, 0.05) is 23.2 Å². The number of hydrogen-bond acceptors (Lipinski definition) is 2. The van der Waals surface area contributed by atoms with Crippen LogP contribution in [0.1, 0.15) is 24.2 Å². The van der Waals surface area contributed by atoms with Crippen molar-refractivity contribution < 1.29 is 4.79 Å². The summed E-state index contributed by atoms with van der Waals surface area (Å²) in [6.45, 7) is 5.31. The minimum Gasteiger partial charge on any atom is -0.398 e. The summed E-state index contributed by atoms with van der Waals surface area (Å²) in [5.74, 6) is -0.00926. The number of anilines is 1. The summed E-state index contributed by atoms with van der Waals surface area (Å²) in [4.78, 5) is 13.7. The van der Waals surface area contributed by atoms with Crippen LogP contribution in [0.4, 0.5) is 5.69 Å². The topological polar surface area (TPSA) is 46.3 Å². The van der Waals surface area contributed by atoms with Gasteiger partial charge >= 0.3 is 0 Å². The Kier molecular flexibility index (Phi) is 4.15. The molecule has 0 aliphatic rings. The molecule has 0 radical (unpaired) electrons. The highest BCUT2D eigenvalue weighted by atomic mass is 79.9. The molecule has 1 amide bonds. The van der Waals surface area contributed by atoms with E-state index >= 15 is 0 Å². The molecule has 82 valence electrons. The summed E-state index contributed by atoms with van der Waals surface area (Å²) in [7, 11) is 0. The zero-order chi connectivity index (χ0) is 11.4. The predicted octanol–water partition coefficient (Wildman–Crippen LogP) is 2.51. The van der Waals surface area contributed by atoms with Crippen molar-refractivity contribution in [3.63, 3.8) is 0 Å². The summed E-state index contributed by atoms with van der Waals surface area (Å²) in [6.07, 6.45) is 0. The van der Waals surface area contributed by atoms with Crippen LogP contribution in [0.2, 0.25) is 0 Å². The number of rotatable bonds is 3. The Hall–Kier alpha value is -1.03. The molecule has 1 rings (SSSR count). The molecule has 15 heavy (non-hydrogen) atoms. The fraction of sp³-hybridized carbons (Fsp3) is 0.364. The number of nitrogens with zero attached hydrogens (tertiary/aromatic N) is 1. The maximum absolute atomic E-state index is 12.0. The van der Waals surface area contributed by atoms with E-state index in [1.165, 1.54) is 0 Å². The van der Waals surface area contributed by atoms with Gasteiger partial charge < -0.3 is 10.6 Å². The molecule has 0 unspecified atom stereocenters. The number of carbonyl (C=O) groups excluding carboxylic acids is 1. The van der Waals surface area contributed by atoms with Crippen molar-refractivity contribution >= 4 is 27.5 Å². The van der Waals surface area contributed by atoms with Crippen LogP contribution in [-0.2, 0) is 0 Å². The van der Waals surface area contributed by atoms with Crippen molar-refractivity contribution in [1.29, 1.82) is 0 Å². The summed E-state index contributed by atoms with van der Waals surface area (Å²) in [6, 6.07) is 5.32. The first-order valence-corrected chi connectivity index (χ1v) is 5.73. The quantitative estimate of drug-likeness (QED) is 0.858. The highest BCUT2D eigenvalue weighted by Gasteiger charge is 2.14. The van der Waals surface area contributed by atoms with Gasteiger partial charge in [0.2, 0.25) is 0 Å². The molecule has 0 aromatic heterocycles. The van der Waals surface area contributed by atoms with Crippen LogP contribution in [0.25, 0.3) is 0 Å². The lowest BCUT2D eigenvalue weighted by molar-refractivity contribution is 0.0774. The summed E-state index contributed by atoms with van der Waals surface area (Å²) >= 11 is 3.31. The highest BCUT2D eigenvalue weighted by Crippen LogP contribution is 2.19. The van der Waals surface area contributed by atoms with Gasteiger partial charge in [-0.3, -0.25) is 4.79 Å². The number of halogens is 1. The van der Waals surface area contributed by atoms with Gasteiger partial charge in [0.1, 0.15) is 0 Å². The number of nitrogen functional groups attached to an aromatic ring is 1. The first-order chi connectivity index (χ1) is 7.10. The molecule has 2 N–H and O–H groups in total. The van der Waals surface area contributed by atoms with Crippen molar-refractivity contribution in [2.24, 2.45) is 0 Å². The fourth-order valence-corrected chi connectivity index (χ4v) is 1.79. The van der Waals surface area contributed by atoms with Gasteiger partial charge in [-0.2, -0.15) is 0 Å². The average molecular weight is 271 g/mol. The van der Waals surface area contributed by atoms with Crippen molar-refractivity contribution in [2.75, 3.05) is 18.8 Å². The first kappa shape index (κ1) is 12.0. The second kappa shape index (κ2) is 5.16. The molecular formula is C11H15BrN2O. The van der Waals surface area contributed by atoms with E-state index in [9.17, 15) is 4.79 Å². The smallest absolute Gasteiger partial charge is 0.255 e. The van der Waals surface area contributed by atoms with E-state index in [-0.39, 0.29) is 5.91 Å². The van der Waals surface area contributed by atoms with E-state index in [0.717, 1.165) is 4.47 Å². The van der Waals surface area contributed by atoms with E-state index in [4.69, 9.17) is 5.73 Å². The van der Waals surface area contributed by atoms with Gasteiger partial charge in [0.05, 0.1) is 5.56 Å². The van der Waals surface area contributed by atoms with Gasteiger partial charge in [-0.15, -0.1) is 0 Å². The fourth-order valence-electron chi connectivity index (χ4n) is 1.41. The Labute approximate surface area is 98.4 Å². The molecule has 1 aromatic carbocycles. The third kappa shape index (κ3) is 2.72. The normalized spacial score (nSPS) is 10.1. The van der Waals surface area contributed by atoms with Crippen molar-refractivity contribution in [2.45, 2.75) is 13.8 Å².